The zero-order chi connectivity index (χ0) is 40.8. The number of amides is 1. The van der Waals surface area contributed by atoms with Gasteiger partial charge in [0.15, 0.2) is 16.6 Å². The monoisotopic (exact) mass is 801 g/mol. The van der Waals surface area contributed by atoms with E-state index in [1.807, 2.05) is 97.9 Å². The standard InChI is InChI=1S/C45H64NO6PSi2/c1-13-31-50-43(49)42(53(36-25-17-14-18-26-36,37-27-19-15-20-28-37)38-29-21-16-22-30-38)46-39(33-35(47)24-23-32-51-54(9,10)44(3,4)5)40(41(46)48)34(2)52-55(11,12)45(6,7)8/h13-22,25-30,34,39-40H,1,23-24,31-33H2,2-12H3/t34-,39-,40-/m1/s1. The van der Waals surface area contributed by atoms with Gasteiger partial charge >= 0.3 is 5.97 Å². The van der Waals surface area contributed by atoms with E-state index in [-0.39, 0.29) is 40.2 Å². The Kier molecular flexibility index (Phi) is 14.4. The summed E-state index contributed by atoms with van der Waals surface area (Å²) in [6.45, 7) is 25.0. The molecule has 1 amide bonds. The Hall–Kier alpha value is -3.34. The maximum atomic E-state index is 15.1. The van der Waals surface area contributed by atoms with Gasteiger partial charge < -0.3 is 18.5 Å². The summed E-state index contributed by atoms with van der Waals surface area (Å²) in [7, 11) is -4.31. The van der Waals surface area contributed by atoms with Gasteiger partial charge in [-0.1, -0.05) is 145 Å². The molecule has 1 aliphatic rings. The van der Waals surface area contributed by atoms with E-state index in [4.69, 9.17) is 13.6 Å². The first-order chi connectivity index (χ1) is 25.7. The first kappa shape index (κ1) is 44.4. The largest absolute Gasteiger partial charge is 0.457 e. The zero-order valence-corrected chi connectivity index (χ0v) is 38.0. The lowest BCUT2D eigenvalue weighted by Crippen LogP contribution is -2.69. The Morgan fingerprint density at radius 3 is 1.67 bits per heavy atom. The fraction of sp³-hybridized carbons (Fsp3) is 0.467. The molecule has 1 fully saturated rings. The van der Waals surface area contributed by atoms with Gasteiger partial charge in [-0.2, -0.15) is 0 Å². The normalized spacial score (nSPS) is 17.3. The van der Waals surface area contributed by atoms with Crippen LogP contribution in [0.3, 0.4) is 0 Å². The number of nitrogens with zero attached hydrogens (tertiary/aromatic N) is 1. The van der Waals surface area contributed by atoms with E-state index in [1.54, 1.807) is 4.90 Å². The van der Waals surface area contributed by atoms with Gasteiger partial charge in [0.2, 0.25) is 5.91 Å². The second-order valence-corrected chi connectivity index (χ2v) is 30.6. The van der Waals surface area contributed by atoms with Crippen molar-refractivity contribution in [3.8, 4) is 0 Å². The fourth-order valence-corrected chi connectivity index (χ4v) is 13.7. The lowest BCUT2D eigenvalue weighted by atomic mass is 9.80. The lowest BCUT2D eigenvalue weighted by molar-refractivity contribution is -0.158. The predicted octanol–water partition coefficient (Wildman–Crippen LogP) is 8.84. The average Bonchev–Trinajstić information content (AvgIpc) is 3.12. The van der Waals surface area contributed by atoms with Gasteiger partial charge in [-0.3, -0.25) is 9.59 Å². The van der Waals surface area contributed by atoms with E-state index in [2.05, 4.69) is 74.3 Å². The zero-order valence-electron chi connectivity index (χ0n) is 35.1. The van der Waals surface area contributed by atoms with E-state index in [1.165, 1.54) is 6.08 Å². The van der Waals surface area contributed by atoms with Crippen LogP contribution < -0.4 is 15.9 Å². The van der Waals surface area contributed by atoms with Crippen molar-refractivity contribution in [2.45, 2.75) is 116 Å². The minimum Gasteiger partial charge on any atom is -0.457 e. The molecule has 3 aromatic rings. The molecule has 1 aliphatic heterocycles. The fourth-order valence-electron chi connectivity index (χ4n) is 6.79. The van der Waals surface area contributed by atoms with Gasteiger partial charge in [-0.05, 0) is 65.5 Å². The highest BCUT2D eigenvalue weighted by molar-refractivity contribution is 7.96. The number of ketones is 1. The minimum absolute atomic E-state index is 0.0210. The second kappa shape index (κ2) is 17.9. The van der Waals surface area contributed by atoms with Crippen LogP contribution in [0.25, 0.3) is 0 Å². The van der Waals surface area contributed by atoms with Crippen LogP contribution in [0.2, 0.25) is 36.3 Å². The lowest BCUT2D eigenvalue weighted by Gasteiger charge is -2.53. The molecule has 7 nitrogen and oxygen atoms in total. The van der Waals surface area contributed by atoms with Crippen molar-refractivity contribution in [1.29, 1.82) is 0 Å². The molecule has 0 radical (unpaired) electrons. The summed E-state index contributed by atoms with van der Waals surface area (Å²) in [6, 6.07) is 29.2. The van der Waals surface area contributed by atoms with Crippen molar-refractivity contribution in [3.05, 3.63) is 104 Å². The highest BCUT2D eigenvalue weighted by Crippen LogP contribution is 2.51. The first-order valence-corrected chi connectivity index (χ1v) is 27.2. The summed E-state index contributed by atoms with van der Waals surface area (Å²) in [5, 5.41) is 2.66. The van der Waals surface area contributed by atoms with Crippen molar-refractivity contribution in [1.82, 2.24) is 4.90 Å². The third-order valence-corrected chi connectivity index (χ3v) is 25.2. The Morgan fingerprint density at radius 1 is 0.800 bits per heavy atom. The van der Waals surface area contributed by atoms with Gasteiger partial charge in [0.1, 0.15) is 17.8 Å². The number of ether oxygens (including phenoxy) is 1. The molecular weight excluding hydrogens is 738 g/mol. The first-order valence-electron chi connectivity index (χ1n) is 19.6. The number of hydrogen-bond donors (Lipinski definition) is 0. The number of rotatable bonds is 17. The van der Waals surface area contributed by atoms with E-state index in [0.717, 1.165) is 15.9 Å². The summed E-state index contributed by atoms with van der Waals surface area (Å²) < 4.78 is 19.3. The van der Waals surface area contributed by atoms with Crippen LogP contribution in [0.5, 0.6) is 0 Å². The van der Waals surface area contributed by atoms with Gasteiger partial charge in [-0.15, -0.1) is 0 Å². The topological polar surface area (TPSA) is 82.1 Å². The van der Waals surface area contributed by atoms with Crippen molar-refractivity contribution >= 4 is 62.5 Å². The molecule has 0 saturated carbocycles. The molecule has 0 bridgehead atoms. The van der Waals surface area contributed by atoms with Crippen LogP contribution in [-0.4, -0.2) is 70.0 Å². The highest BCUT2D eigenvalue weighted by Gasteiger charge is 2.57. The number of hydrogen-bond acceptors (Lipinski definition) is 6. The predicted molar refractivity (Wildman–Crippen MR) is 235 cm³/mol. The number of esters is 1. The Balaban J connectivity index is 1.95. The smallest absolute Gasteiger partial charge is 0.356 e. The van der Waals surface area contributed by atoms with Gasteiger partial charge in [0.05, 0.1) is 18.1 Å². The van der Waals surface area contributed by atoms with E-state index in [9.17, 15) is 9.59 Å². The van der Waals surface area contributed by atoms with Gasteiger partial charge in [0.25, 0.3) is 0 Å². The SMILES string of the molecule is C=CCOC(=O)C(N1C(=O)[C@H]([C@@H](C)O[Si](C)(C)C(C)(C)C)[C@H]1CC(=O)CCCO[Si](C)(C)C(C)(C)C)=P(c1ccccc1)(c1ccccc1)c1ccccc1. The van der Waals surface area contributed by atoms with Crippen LogP contribution in [0.15, 0.2) is 104 Å². The summed E-state index contributed by atoms with van der Waals surface area (Å²) in [5.74, 6) is -1.45. The molecule has 0 N–H and O–H groups in total. The number of β-lactam (4-membered cyclic amide) rings is 1. The average molecular weight is 802 g/mol. The van der Waals surface area contributed by atoms with Crippen molar-refractivity contribution in [2.75, 3.05) is 13.2 Å². The van der Waals surface area contributed by atoms with E-state index < -0.39 is 47.6 Å². The summed E-state index contributed by atoms with van der Waals surface area (Å²) in [5.41, 5.74) is 0.262. The van der Waals surface area contributed by atoms with E-state index >= 15 is 4.79 Å². The van der Waals surface area contributed by atoms with Crippen molar-refractivity contribution in [3.63, 3.8) is 0 Å². The number of likely N-dealkylation sites (tertiary alicyclic amines) is 1. The van der Waals surface area contributed by atoms with Crippen LogP contribution in [0.1, 0.15) is 67.7 Å². The molecule has 0 unspecified atom stereocenters. The third-order valence-electron chi connectivity index (χ3n) is 11.9. The number of carbonyl (C=O) groups excluding carboxylic acids is 3. The summed E-state index contributed by atoms with van der Waals surface area (Å²) >= 11 is 0. The Bertz CT molecular complexity index is 1750. The maximum absolute atomic E-state index is 15.1. The maximum Gasteiger partial charge on any atom is 0.356 e. The molecule has 298 valence electrons. The van der Waals surface area contributed by atoms with E-state index in [0.29, 0.717) is 19.4 Å². The molecule has 0 aromatic heterocycles. The summed E-state index contributed by atoms with van der Waals surface area (Å²) in [6.07, 6.45) is 2.03. The molecule has 4 rings (SSSR count). The molecule has 10 heteroatoms. The van der Waals surface area contributed by atoms with Crippen molar-refractivity contribution < 1.29 is 28.0 Å². The quantitative estimate of drug-likeness (QED) is 0.0339. The molecule has 1 saturated heterocycles. The molecule has 0 spiro atoms. The molecule has 3 aromatic carbocycles. The van der Waals surface area contributed by atoms with Crippen LogP contribution in [0.4, 0.5) is 0 Å². The van der Waals surface area contributed by atoms with Gasteiger partial charge in [0, 0.05) is 26.3 Å². The second-order valence-electron chi connectivity index (χ2n) is 17.7. The summed E-state index contributed by atoms with van der Waals surface area (Å²) in [4.78, 5) is 45.7. The molecule has 0 aliphatic carbocycles. The Labute approximate surface area is 333 Å². The Morgan fingerprint density at radius 2 is 1.25 bits per heavy atom. The minimum atomic E-state index is -3.13. The van der Waals surface area contributed by atoms with Crippen LogP contribution >= 0.6 is 6.89 Å². The van der Waals surface area contributed by atoms with Crippen molar-refractivity contribution in [2.24, 2.45) is 5.92 Å². The molecule has 55 heavy (non-hydrogen) atoms. The van der Waals surface area contributed by atoms with Gasteiger partial charge in [-0.25, -0.2) is 4.79 Å². The molecule has 3 atom stereocenters. The van der Waals surface area contributed by atoms with Crippen LogP contribution in [0, 0.1) is 5.92 Å². The third kappa shape index (κ3) is 9.62. The number of carbonyl (C=O) groups is 3. The molecule has 1 heterocycles. The van der Waals surface area contributed by atoms with Crippen LogP contribution in [-0.2, 0) is 28.0 Å². The number of Topliss-reactive ketones (excluding diaryl/α,β-unsaturated/α-hetero) is 1. The highest BCUT2D eigenvalue weighted by atomic mass is 31.2. The number of benzene rings is 3. The molecular formula is C45H64NO6PSi2.